The maximum atomic E-state index is 13.3. The quantitative estimate of drug-likeness (QED) is 0.472. The Morgan fingerprint density at radius 2 is 1.85 bits per heavy atom. The van der Waals surface area contributed by atoms with Crippen molar-refractivity contribution in [1.29, 1.82) is 0 Å². The number of amides is 1. The molecule has 0 bridgehead atoms. The van der Waals surface area contributed by atoms with Gasteiger partial charge in [0, 0.05) is 30.3 Å². The number of fused-ring (bicyclic) bond motifs is 1. The van der Waals surface area contributed by atoms with Crippen LogP contribution in [-0.2, 0) is 6.54 Å². The normalized spacial score (nSPS) is 11.5. The fraction of sp³-hybridized carbons (Fsp3) is 0.292. The van der Waals surface area contributed by atoms with E-state index in [4.69, 9.17) is 0 Å². The first-order valence-corrected chi connectivity index (χ1v) is 10.8. The molecule has 1 amide bonds. The van der Waals surface area contributed by atoms with Crippen LogP contribution >= 0.6 is 0 Å². The molecule has 4 rings (SSSR count). The van der Waals surface area contributed by atoms with E-state index in [9.17, 15) is 14.4 Å². The highest BCUT2D eigenvalue weighted by molar-refractivity contribution is 6.11. The Morgan fingerprint density at radius 3 is 2.45 bits per heavy atom. The third kappa shape index (κ3) is 4.48. The molecule has 0 unspecified atom stereocenters. The lowest BCUT2D eigenvalue weighted by Crippen LogP contribution is -2.33. The first-order chi connectivity index (χ1) is 15.7. The summed E-state index contributed by atoms with van der Waals surface area (Å²) in [6.07, 6.45) is 3.51. The van der Waals surface area contributed by atoms with Crippen molar-refractivity contribution >= 4 is 22.6 Å². The van der Waals surface area contributed by atoms with E-state index < -0.39 is 17.2 Å². The molecule has 9 heteroatoms. The van der Waals surface area contributed by atoms with Gasteiger partial charge in [0.25, 0.3) is 11.5 Å². The fourth-order valence-electron chi connectivity index (χ4n) is 3.62. The number of nitrogens with zero attached hydrogens (tertiary/aromatic N) is 4. The Labute approximate surface area is 190 Å². The van der Waals surface area contributed by atoms with E-state index in [2.05, 4.69) is 20.4 Å². The maximum absolute atomic E-state index is 13.3. The summed E-state index contributed by atoms with van der Waals surface area (Å²) in [5.74, 6) is -0.306. The Hall–Kier alpha value is -4.01. The number of H-pyrrole nitrogens is 1. The summed E-state index contributed by atoms with van der Waals surface area (Å²) < 4.78 is 3.15. The molecule has 3 aromatic heterocycles. The Balaban J connectivity index is 1.79. The van der Waals surface area contributed by atoms with E-state index in [1.54, 1.807) is 29.1 Å². The molecule has 0 aliphatic heterocycles. The van der Waals surface area contributed by atoms with Crippen LogP contribution in [0, 0.1) is 5.92 Å². The molecule has 4 aromatic rings. The third-order valence-electron chi connectivity index (χ3n) is 5.25. The second kappa shape index (κ2) is 8.85. The standard InChI is InChI=1S/C24H26N6O3/c1-14(2)13-29-21-20(23(32)28-24(29)33)18(12-19(27-21)15(3)4)22(31)26-16-6-8-17(9-7-16)30-11-5-10-25-30/h5-12,14-15H,13H2,1-4H3,(H,26,31)(H,28,32,33). The molecule has 0 fully saturated rings. The lowest BCUT2D eigenvalue weighted by molar-refractivity contribution is 0.102. The highest BCUT2D eigenvalue weighted by Crippen LogP contribution is 2.22. The summed E-state index contributed by atoms with van der Waals surface area (Å²) >= 11 is 0. The van der Waals surface area contributed by atoms with Crippen molar-refractivity contribution in [2.24, 2.45) is 5.92 Å². The molecule has 170 valence electrons. The summed E-state index contributed by atoms with van der Waals surface area (Å²) in [6, 6.07) is 10.6. The SMILES string of the molecule is CC(C)Cn1c(=O)[nH]c(=O)c2c(C(=O)Nc3ccc(-n4cccn4)cc3)cc(C(C)C)nc21. The molecular formula is C24H26N6O3. The van der Waals surface area contributed by atoms with Gasteiger partial charge in [-0.1, -0.05) is 27.7 Å². The summed E-state index contributed by atoms with van der Waals surface area (Å²) in [5.41, 5.74) is 1.29. The summed E-state index contributed by atoms with van der Waals surface area (Å²) in [6.45, 7) is 8.20. The Kier molecular flexibility index (Phi) is 5.95. The lowest BCUT2D eigenvalue weighted by atomic mass is 10.0. The van der Waals surface area contributed by atoms with Crippen LogP contribution in [0.2, 0.25) is 0 Å². The molecule has 3 heterocycles. The van der Waals surface area contributed by atoms with E-state index in [0.29, 0.717) is 17.9 Å². The number of aromatic amines is 1. The number of aromatic nitrogens is 5. The lowest BCUT2D eigenvalue weighted by Gasteiger charge is -2.16. The average Bonchev–Trinajstić information content (AvgIpc) is 3.31. The molecular weight excluding hydrogens is 420 g/mol. The summed E-state index contributed by atoms with van der Waals surface area (Å²) in [7, 11) is 0. The number of carbonyl (C=O) groups excluding carboxylic acids is 1. The van der Waals surface area contributed by atoms with Crippen molar-refractivity contribution in [3.05, 3.63) is 80.9 Å². The smallest absolute Gasteiger partial charge is 0.322 e. The van der Waals surface area contributed by atoms with E-state index in [1.807, 2.05) is 52.1 Å². The number of hydrogen-bond acceptors (Lipinski definition) is 5. The Bertz CT molecular complexity index is 1410. The first-order valence-electron chi connectivity index (χ1n) is 10.8. The number of nitrogens with one attached hydrogen (secondary N) is 2. The van der Waals surface area contributed by atoms with Gasteiger partial charge in [-0.15, -0.1) is 0 Å². The van der Waals surface area contributed by atoms with E-state index in [0.717, 1.165) is 5.69 Å². The zero-order valence-corrected chi connectivity index (χ0v) is 19.0. The zero-order valence-electron chi connectivity index (χ0n) is 19.0. The van der Waals surface area contributed by atoms with Crippen molar-refractivity contribution in [3.8, 4) is 5.69 Å². The maximum Gasteiger partial charge on any atom is 0.330 e. The number of carbonyl (C=O) groups is 1. The van der Waals surface area contributed by atoms with Crippen molar-refractivity contribution in [2.75, 3.05) is 5.32 Å². The fourth-order valence-corrected chi connectivity index (χ4v) is 3.62. The van der Waals surface area contributed by atoms with Crippen molar-refractivity contribution < 1.29 is 4.79 Å². The number of pyridine rings is 1. The minimum atomic E-state index is -0.628. The molecule has 0 spiro atoms. The molecule has 0 saturated carbocycles. The predicted octanol–water partition coefficient (Wildman–Crippen LogP) is 3.30. The van der Waals surface area contributed by atoms with Crippen LogP contribution < -0.4 is 16.6 Å². The van der Waals surface area contributed by atoms with Gasteiger partial charge in [-0.3, -0.25) is 19.1 Å². The molecule has 1 aromatic carbocycles. The van der Waals surface area contributed by atoms with Crippen LogP contribution in [-0.4, -0.2) is 30.2 Å². The first kappa shape index (κ1) is 22.2. The molecule has 0 atom stereocenters. The van der Waals surface area contributed by atoms with Crippen molar-refractivity contribution in [1.82, 2.24) is 24.3 Å². The van der Waals surface area contributed by atoms with E-state index >= 15 is 0 Å². The second-order valence-electron chi connectivity index (χ2n) is 8.66. The number of rotatable bonds is 6. The molecule has 0 saturated heterocycles. The summed E-state index contributed by atoms with van der Waals surface area (Å²) in [4.78, 5) is 45.5. The number of anilines is 1. The van der Waals surface area contributed by atoms with Gasteiger partial charge >= 0.3 is 5.69 Å². The average molecular weight is 447 g/mol. The van der Waals surface area contributed by atoms with Crippen LogP contribution in [0.25, 0.3) is 16.7 Å². The van der Waals surface area contributed by atoms with Crippen LogP contribution in [0.5, 0.6) is 0 Å². The molecule has 0 aliphatic rings. The minimum absolute atomic E-state index is 0.00352. The topological polar surface area (TPSA) is 115 Å². The largest absolute Gasteiger partial charge is 0.330 e. The molecule has 0 aliphatic carbocycles. The van der Waals surface area contributed by atoms with Crippen LogP contribution in [0.4, 0.5) is 5.69 Å². The molecule has 9 nitrogen and oxygen atoms in total. The zero-order chi connectivity index (χ0) is 23.7. The number of hydrogen-bond donors (Lipinski definition) is 2. The molecule has 0 radical (unpaired) electrons. The van der Waals surface area contributed by atoms with Gasteiger partial charge in [-0.2, -0.15) is 5.10 Å². The second-order valence-corrected chi connectivity index (χ2v) is 8.66. The van der Waals surface area contributed by atoms with Gasteiger partial charge in [-0.05, 0) is 48.2 Å². The van der Waals surface area contributed by atoms with Gasteiger partial charge in [0.15, 0.2) is 5.65 Å². The minimum Gasteiger partial charge on any atom is -0.322 e. The Morgan fingerprint density at radius 1 is 1.12 bits per heavy atom. The van der Waals surface area contributed by atoms with Gasteiger partial charge in [0.1, 0.15) is 0 Å². The highest BCUT2D eigenvalue weighted by atomic mass is 16.2. The number of benzene rings is 1. The van der Waals surface area contributed by atoms with Gasteiger partial charge in [0.05, 0.1) is 16.6 Å². The molecule has 2 N–H and O–H groups in total. The summed E-state index contributed by atoms with van der Waals surface area (Å²) in [5, 5.41) is 7.14. The van der Waals surface area contributed by atoms with Crippen molar-refractivity contribution in [2.45, 2.75) is 40.2 Å². The third-order valence-corrected chi connectivity index (χ3v) is 5.25. The van der Waals surface area contributed by atoms with Crippen LogP contribution in [0.15, 0.2) is 58.4 Å². The van der Waals surface area contributed by atoms with Gasteiger partial charge in [-0.25, -0.2) is 14.5 Å². The van der Waals surface area contributed by atoms with Gasteiger partial charge in [0.2, 0.25) is 0 Å². The predicted molar refractivity (Wildman–Crippen MR) is 127 cm³/mol. The highest BCUT2D eigenvalue weighted by Gasteiger charge is 2.21. The monoisotopic (exact) mass is 446 g/mol. The van der Waals surface area contributed by atoms with Crippen LogP contribution in [0.3, 0.4) is 0 Å². The molecule has 33 heavy (non-hydrogen) atoms. The van der Waals surface area contributed by atoms with Crippen molar-refractivity contribution in [3.63, 3.8) is 0 Å². The van der Waals surface area contributed by atoms with Gasteiger partial charge < -0.3 is 5.32 Å². The van der Waals surface area contributed by atoms with Crippen LogP contribution in [0.1, 0.15) is 49.7 Å². The van der Waals surface area contributed by atoms with E-state index in [1.165, 1.54) is 4.57 Å². The van der Waals surface area contributed by atoms with E-state index in [-0.39, 0.29) is 28.4 Å².